The average molecular weight is 275 g/mol. The van der Waals surface area contributed by atoms with E-state index >= 15 is 0 Å². The molecule has 4 nitrogen and oxygen atoms in total. The minimum Gasteiger partial charge on any atom is -0.358 e. The largest absolute Gasteiger partial charge is 0.358 e. The zero-order valence-corrected chi connectivity index (χ0v) is 10.5. The molecule has 1 aromatic rings. The van der Waals surface area contributed by atoms with Crippen molar-refractivity contribution in [1.29, 1.82) is 0 Å². The van der Waals surface area contributed by atoms with Crippen LogP contribution in [-0.4, -0.2) is 18.9 Å². The van der Waals surface area contributed by atoms with E-state index in [1.165, 1.54) is 0 Å². The van der Waals surface area contributed by atoms with Gasteiger partial charge < -0.3 is 15.4 Å². The van der Waals surface area contributed by atoms with Gasteiger partial charge in [-0.1, -0.05) is 29.3 Å². The number of ether oxygens (including phenoxy) is 1. The summed E-state index contributed by atoms with van der Waals surface area (Å²) in [5, 5.41) is 6.11. The van der Waals surface area contributed by atoms with Gasteiger partial charge in [-0.3, -0.25) is 0 Å². The van der Waals surface area contributed by atoms with Crippen molar-refractivity contribution in [2.75, 3.05) is 11.9 Å². The molecular formula is C11H12Cl2N2O2. The van der Waals surface area contributed by atoms with Crippen LogP contribution < -0.4 is 10.6 Å². The summed E-state index contributed by atoms with van der Waals surface area (Å²) in [6.07, 6.45) is 1.55. The van der Waals surface area contributed by atoms with Crippen molar-refractivity contribution in [3.05, 3.63) is 28.2 Å². The fraction of sp³-hybridized carbons (Fsp3) is 0.364. The Bertz CT molecular complexity index is 400. The number of carbonyl (C=O) groups is 1. The summed E-state index contributed by atoms with van der Waals surface area (Å²) < 4.78 is 5.28. The van der Waals surface area contributed by atoms with E-state index in [0.717, 1.165) is 12.8 Å². The number of hydrogen-bond donors (Lipinski definition) is 2. The molecule has 1 fully saturated rings. The number of amides is 2. The number of benzene rings is 1. The van der Waals surface area contributed by atoms with E-state index in [-0.39, 0.29) is 12.3 Å². The van der Waals surface area contributed by atoms with E-state index in [2.05, 4.69) is 10.6 Å². The summed E-state index contributed by atoms with van der Waals surface area (Å²) in [5.41, 5.74) is 0.409. The number of carbonyl (C=O) groups excluding carboxylic acids is 1. The molecule has 0 saturated carbocycles. The Hall–Kier alpha value is -0.970. The molecule has 1 aliphatic heterocycles. The highest BCUT2D eigenvalue weighted by molar-refractivity contribution is 6.39. The van der Waals surface area contributed by atoms with E-state index in [1.54, 1.807) is 18.2 Å². The fourth-order valence-electron chi connectivity index (χ4n) is 1.60. The monoisotopic (exact) mass is 274 g/mol. The van der Waals surface area contributed by atoms with Gasteiger partial charge in [-0.05, 0) is 25.0 Å². The van der Waals surface area contributed by atoms with Crippen molar-refractivity contribution in [3.8, 4) is 0 Å². The third kappa shape index (κ3) is 3.25. The van der Waals surface area contributed by atoms with Gasteiger partial charge in [-0.25, -0.2) is 4.79 Å². The molecule has 0 aromatic heterocycles. The van der Waals surface area contributed by atoms with Crippen LogP contribution in [0.5, 0.6) is 0 Å². The normalized spacial score (nSPS) is 19.1. The zero-order chi connectivity index (χ0) is 12.3. The van der Waals surface area contributed by atoms with Crippen LogP contribution in [0.2, 0.25) is 10.0 Å². The van der Waals surface area contributed by atoms with E-state index in [9.17, 15) is 4.79 Å². The maximum Gasteiger partial charge on any atom is 0.321 e. The predicted molar refractivity (Wildman–Crippen MR) is 67.6 cm³/mol. The lowest BCUT2D eigenvalue weighted by Gasteiger charge is -2.14. The summed E-state index contributed by atoms with van der Waals surface area (Å²) in [6.45, 7) is 0.678. The summed E-state index contributed by atoms with van der Waals surface area (Å²) in [5.74, 6) is 0. The Labute approximate surface area is 109 Å². The second-order valence-corrected chi connectivity index (χ2v) is 4.51. The smallest absolute Gasteiger partial charge is 0.321 e. The molecule has 0 bridgehead atoms. The lowest BCUT2D eigenvalue weighted by atomic mass is 10.3. The molecule has 1 heterocycles. The Kier molecular flexibility index (Phi) is 4.10. The number of hydrogen-bond acceptors (Lipinski definition) is 2. The second kappa shape index (κ2) is 5.58. The van der Waals surface area contributed by atoms with Crippen molar-refractivity contribution >= 4 is 34.9 Å². The van der Waals surface area contributed by atoms with Gasteiger partial charge in [0.15, 0.2) is 0 Å². The maximum absolute atomic E-state index is 11.7. The van der Waals surface area contributed by atoms with Gasteiger partial charge in [0.25, 0.3) is 0 Å². The molecule has 0 aliphatic carbocycles. The highest BCUT2D eigenvalue weighted by atomic mass is 35.5. The van der Waals surface area contributed by atoms with E-state index in [0.29, 0.717) is 22.3 Å². The topological polar surface area (TPSA) is 50.4 Å². The fourth-order valence-corrected chi connectivity index (χ4v) is 2.10. The average Bonchev–Trinajstić information content (AvgIpc) is 2.76. The Morgan fingerprint density at radius 2 is 2.06 bits per heavy atom. The van der Waals surface area contributed by atoms with Gasteiger partial charge in [0.1, 0.15) is 6.23 Å². The molecule has 92 valence electrons. The van der Waals surface area contributed by atoms with Crippen molar-refractivity contribution < 1.29 is 9.53 Å². The molecule has 1 aromatic carbocycles. The number of urea groups is 1. The number of anilines is 1. The highest BCUT2D eigenvalue weighted by Gasteiger charge is 2.18. The van der Waals surface area contributed by atoms with Gasteiger partial charge in [-0.15, -0.1) is 0 Å². The molecule has 1 aliphatic rings. The minimum absolute atomic E-state index is 0.226. The molecule has 2 N–H and O–H groups in total. The summed E-state index contributed by atoms with van der Waals surface area (Å²) in [4.78, 5) is 11.7. The molecular weight excluding hydrogens is 263 g/mol. The predicted octanol–water partition coefficient (Wildman–Crippen LogP) is 3.25. The van der Waals surface area contributed by atoms with E-state index in [4.69, 9.17) is 27.9 Å². The molecule has 2 rings (SSSR count). The lowest BCUT2D eigenvalue weighted by molar-refractivity contribution is 0.0928. The molecule has 6 heteroatoms. The third-order valence-corrected chi connectivity index (χ3v) is 3.05. The van der Waals surface area contributed by atoms with Crippen LogP contribution in [0.25, 0.3) is 0 Å². The first kappa shape index (κ1) is 12.5. The van der Waals surface area contributed by atoms with Crippen molar-refractivity contribution in [2.24, 2.45) is 0 Å². The van der Waals surface area contributed by atoms with Crippen LogP contribution in [0.15, 0.2) is 18.2 Å². The van der Waals surface area contributed by atoms with Gasteiger partial charge in [0, 0.05) is 6.61 Å². The minimum atomic E-state index is -0.369. The quantitative estimate of drug-likeness (QED) is 0.870. The Balaban J connectivity index is 1.97. The summed E-state index contributed by atoms with van der Waals surface area (Å²) >= 11 is 11.9. The molecule has 1 saturated heterocycles. The molecule has 0 radical (unpaired) electrons. The Morgan fingerprint density at radius 3 is 2.65 bits per heavy atom. The zero-order valence-electron chi connectivity index (χ0n) is 9.00. The van der Waals surface area contributed by atoms with Crippen LogP contribution in [0, 0.1) is 0 Å². The number of para-hydroxylation sites is 1. The van der Waals surface area contributed by atoms with E-state index in [1.807, 2.05) is 0 Å². The lowest BCUT2D eigenvalue weighted by Crippen LogP contribution is -2.37. The van der Waals surface area contributed by atoms with Gasteiger partial charge >= 0.3 is 6.03 Å². The van der Waals surface area contributed by atoms with Crippen molar-refractivity contribution in [1.82, 2.24) is 5.32 Å². The number of halogens is 2. The highest BCUT2D eigenvalue weighted by Crippen LogP contribution is 2.29. The van der Waals surface area contributed by atoms with Crippen molar-refractivity contribution in [3.63, 3.8) is 0 Å². The van der Waals surface area contributed by atoms with Crippen LogP contribution in [0.4, 0.5) is 10.5 Å². The molecule has 0 spiro atoms. The van der Waals surface area contributed by atoms with Gasteiger partial charge in [0.05, 0.1) is 15.7 Å². The first-order valence-corrected chi connectivity index (χ1v) is 6.05. The Morgan fingerprint density at radius 1 is 1.35 bits per heavy atom. The van der Waals surface area contributed by atoms with Crippen LogP contribution >= 0.6 is 23.2 Å². The van der Waals surface area contributed by atoms with Gasteiger partial charge in [-0.2, -0.15) is 0 Å². The molecule has 1 unspecified atom stereocenters. The third-order valence-electron chi connectivity index (χ3n) is 2.42. The van der Waals surface area contributed by atoms with Gasteiger partial charge in [0.2, 0.25) is 0 Å². The number of nitrogens with one attached hydrogen (secondary N) is 2. The summed E-state index contributed by atoms with van der Waals surface area (Å²) in [6, 6.07) is 4.67. The standard InChI is InChI=1S/C11H12Cl2N2O2/c12-7-3-1-4-8(13)10(7)15-11(16)14-9-5-2-6-17-9/h1,3-4,9H,2,5-6H2,(H2,14,15,16). The van der Waals surface area contributed by atoms with Crippen LogP contribution in [-0.2, 0) is 4.74 Å². The molecule has 1 atom stereocenters. The first-order chi connectivity index (χ1) is 8.16. The molecule has 17 heavy (non-hydrogen) atoms. The number of rotatable bonds is 2. The van der Waals surface area contributed by atoms with Crippen LogP contribution in [0.1, 0.15) is 12.8 Å². The van der Waals surface area contributed by atoms with Crippen LogP contribution in [0.3, 0.4) is 0 Å². The summed E-state index contributed by atoms with van der Waals surface area (Å²) in [7, 11) is 0. The second-order valence-electron chi connectivity index (χ2n) is 3.70. The SMILES string of the molecule is O=C(Nc1c(Cl)cccc1Cl)NC1CCCO1. The maximum atomic E-state index is 11.7. The van der Waals surface area contributed by atoms with E-state index < -0.39 is 0 Å². The molecule has 2 amide bonds. The first-order valence-electron chi connectivity index (χ1n) is 5.30. The van der Waals surface area contributed by atoms with Crippen molar-refractivity contribution in [2.45, 2.75) is 19.1 Å².